The van der Waals surface area contributed by atoms with E-state index >= 15 is 0 Å². The Morgan fingerprint density at radius 2 is 1.39 bits per heavy atom. The average molecular weight is 918 g/mol. The normalized spacial score (nSPS) is 28.9. The smallest absolute Gasteiger partial charge is 0.337 e. The SMILES string of the molecule is CC(C)(C)[Si](C)(C)Oc1ccc(C(O[Si](C)(C)C)c2cc(C3(O)O[C@H](CO)[C@@H](O)[C@H](O)[C@H]3O)ccc2Cl)cc1.CC[C@H]1OC(=O)[C@H](O[Si](C)(C)C)[C@@H](O[Si](C)(C)C)[C@@H]1C. The van der Waals surface area contributed by atoms with Crippen LogP contribution in [0.1, 0.15) is 63.8 Å². The molecule has 17 heteroatoms. The van der Waals surface area contributed by atoms with Crippen LogP contribution < -0.4 is 4.43 Å². The summed E-state index contributed by atoms with van der Waals surface area (Å²) in [4.78, 5) is 12.3. The molecule has 10 atom stereocenters. The van der Waals surface area contributed by atoms with Gasteiger partial charge in [0.25, 0.3) is 0 Å². The van der Waals surface area contributed by atoms with Crippen molar-refractivity contribution in [3.8, 4) is 5.75 Å². The molecule has 2 fully saturated rings. The highest BCUT2D eigenvalue weighted by atomic mass is 35.5. The van der Waals surface area contributed by atoms with Gasteiger partial charge in [0, 0.05) is 22.1 Å². The predicted molar refractivity (Wildman–Crippen MR) is 242 cm³/mol. The minimum atomic E-state index is -2.41. The number of benzene rings is 2. The Kier molecular flexibility index (Phi) is 17.1. The van der Waals surface area contributed by atoms with E-state index in [-0.39, 0.29) is 34.7 Å². The number of hydrogen-bond acceptors (Lipinski definition) is 12. The Balaban J connectivity index is 0.000000391. The number of carbonyl (C=O) groups excluding carboxylic acids is 1. The van der Waals surface area contributed by atoms with Crippen molar-refractivity contribution in [2.45, 2.75) is 173 Å². The molecule has 0 spiro atoms. The minimum absolute atomic E-state index is 0.0494. The van der Waals surface area contributed by atoms with Crippen molar-refractivity contribution in [2.75, 3.05) is 6.61 Å². The molecule has 4 rings (SSSR count). The molecular formula is C42H73ClO12Si4. The van der Waals surface area contributed by atoms with Crippen molar-refractivity contribution in [3.05, 3.63) is 64.2 Å². The number of aliphatic hydroxyl groups is 5. The second-order valence-electron chi connectivity index (χ2n) is 20.3. The molecule has 2 unspecified atom stereocenters. The molecule has 59 heavy (non-hydrogen) atoms. The van der Waals surface area contributed by atoms with Crippen molar-refractivity contribution < 1.29 is 57.5 Å². The highest BCUT2D eigenvalue weighted by Gasteiger charge is 2.54. The van der Waals surface area contributed by atoms with Gasteiger partial charge in [-0.2, -0.15) is 0 Å². The van der Waals surface area contributed by atoms with Gasteiger partial charge in [-0.05, 0) is 113 Å². The van der Waals surface area contributed by atoms with Crippen LogP contribution in [0.5, 0.6) is 5.75 Å². The molecule has 2 aliphatic rings. The molecule has 2 heterocycles. The van der Waals surface area contributed by atoms with Gasteiger partial charge in [-0.25, -0.2) is 4.79 Å². The van der Waals surface area contributed by atoms with Gasteiger partial charge in [0.15, 0.2) is 31.1 Å². The summed E-state index contributed by atoms with van der Waals surface area (Å²) in [6, 6.07) is 12.3. The molecule has 2 aromatic carbocycles. The Labute approximate surface area is 362 Å². The molecule has 336 valence electrons. The second-order valence-corrected chi connectivity index (χ2v) is 38.8. The van der Waals surface area contributed by atoms with Gasteiger partial charge in [-0.1, -0.05) is 64.4 Å². The van der Waals surface area contributed by atoms with E-state index in [0.29, 0.717) is 10.6 Å². The summed E-state index contributed by atoms with van der Waals surface area (Å²) in [6.07, 6.45) is -7.12. The first kappa shape index (κ1) is 51.9. The molecule has 2 saturated heterocycles. The van der Waals surface area contributed by atoms with Crippen molar-refractivity contribution in [2.24, 2.45) is 5.92 Å². The van der Waals surface area contributed by atoms with E-state index in [2.05, 4.69) is 99.7 Å². The number of esters is 1. The molecule has 0 radical (unpaired) electrons. The number of hydrogen-bond donors (Lipinski definition) is 5. The van der Waals surface area contributed by atoms with E-state index in [1.807, 2.05) is 31.2 Å². The van der Waals surface area contributed by atoms with Gasteiger partial charge < -0.3 is 52.7 Å². The molecule has 2 aliphatic heterocycles. The molecule has 0 amide bonds. The summed E-state index contributed by atoms with van der Waals surface area (Å²) in [6.45, 7) is 33.3. The third kappa shape index (κ3) is 13.5. The topological polar surface area (TPSA) is 174 Å². The number of rotatable bonds is 13. The van der Waals surface area contributed by atoms with Crippen LogP contribution in [0.2, 0.25) is 82.1 Å². The maximum absolute atomic E-state index is 12.3. The summed E-state index contributed by atoms with van der Waals surface area (Å²) < 4.78 is 36.4. The van der Waals surface area contributed by atoms with Crippen LogP contribution in [0.3, 0.4) is 0 Å². The van der Waals surface area contributed by atoms with Crippen LogP contribution in [0, 0.1) is 5.92 Å². The van der Waals surface area contributed by atoms with Gasteiger partial charge in [0.1, 0.15) is 36.3 Å². The fraction of sp³-hybridized carbons (Fsp3) is 0.690. The maximum atomic E-state index is 12.3. The van der Waals surface area contributed by atoms with Crippen LogP contribution in [0.25, 0.3) is 0 Å². The monoisotopic (exact) mass is 916 g/mol. The summed E-state index contributed by atoms with van der Waals surface area (Å²) >= 11 is 6.67. The number of cyclic esters (lactones) is 1. The van der Waals surface area contributed by atoms with Crippen LogP contribution >= 0.6 is 11.6 Å². The van der Waals surface area contributed by atoms with Crippen LogP contribution in [-0.2, 0) is 33.3 Å². The molecule has 0 bridgehead atoms. The summed E-state index contributed by atoms with van der Waals surface area (Å²) in [5, 5.41) is 52.6. The summed E-state index contributed by atoms with van der Waals surface area (Å²) in [5.74, 6) is -1.71. The fourth-order valence-electron chi connectivity index (χ4n) is 6.66. The number of carbonyl (C=O) groups is 1. The fourth-order valence-corrected chi connectivity index (χ4v) is 11.0. The lowest BCUT2D eigenvalue weighted by Crippen LogP contribution is -2.63. The Morgan fingerprint density at radius 1 is 0.831 bits per heavy atom. The minimum Gasteiger partial charge on any atom is -0.544 e. The standard InChI is InChI=1S/C28H43ClO8Si2.C14H30O4Si2/c1-27(2,3)39(7,8)36-19-12-9-17(10-13-19)25(37-38(4,5)6)20-15-18(11-14-21(20)29)28(34)26(33)24(32)23(31)22(16-30)35-28;1-9-11-10(2)12(17-19(3,4)5)13(14(15)16-11)18-20(6,7)8/h9-15,22-26,30-34H,16H2,1-8H3;10-13H,9H2,1-8H3/t22-,23-,24+,25?,26-,28?;10-,11-,12+,13-/m11/s1. The van der Waals surface area contributed by atoms with E-state index in [0.717, 1.165) is 17.7 Å². The van der Waals surface area contributed by atoms with E-state index < -0.39 is 82.3 Å². The molecule has 5 N–H and O–H groups in total. The number of ether oxygens (including phenoxy) is 2. The second kappa shape index (κ2) is 19.5. The predicted octanol–water partition coefficient (Wildman–Crippen LogP) is 7.68. The quantitative estimate of drug-likeness (QED) is 0.0982. The Hall–Kier alpha value is -1.49. The van der Waals surface area contributed by atoms with Crippen molar-refractivity contribution >= 4 is 50.8 Å². The molecule has 0 saturated carbocycles. The number of halogens is 1. The molecular weight excluding hydrogens is 844 g/mol. The highest BCUT2D eigenvalue weighted by molar-refractivity contribution is 6.74. The van der Waals surface area contributed by atoms with Crippen molar-refractivity contribution in [3.63, 3.8) is 0 Å². The Morgan fingerprint density at radius 3 is 1.86 bits per heavy atom. The molecule has 2 aromatic rings. The van der Waals surface area contributed by atoms with Crippen LogP contribution in [0.4, 0.5) is 0 Å². The first-order valence-electron chi connectivity index (χ1n) is 20.6. The first-order chi connectivity index (χ1) is 26.7. The zero-order valence-electron chi connectivity index (χ0n) is 38.1. The molecule has 0 aromatic heterocycles. The lowest BCUT2D eigenvalue weighted by molar-refractivity contribution is -0.357. The third-order valence-electron chi connectivity index (χ3n) is 10.8. The average Bonchev–Trinajstić information content (AvgIpc) is 3.10. The summed E-state index contributed by atoms with van der Waals surface area (Å²) in [7, 11) is -7.75. The number of aliphatic hydroxyl groups excluding tert-OH is 4. The van der Waals surface area contributed by atoms with Crippen LogP contribution in [0.15, 0.2) is 42.5 Å². The van der Waals surface area contributed by atoms with Crippen molar-refractivity contribution in [1.29, 1.82) is 0 Å². The van der Waals surface area contributed by atoms with Gasteiger partial charge in [-0.3, -0.25) is 0 Å². The lowest BCUT2D eigenvalue weighted by Gasteiger charge is -2.45. The lowest BCUT2D eigenvalue weighted by atomic mass is 9.87. The van der Waals surface area contributed by atoms with Gasteiger partial charge in [0.2, 0.25) is 14.1 Å². The molecule has 12 nitrogen and oxygen atoms in total. The van der Waals surface area contributed by atoms with E-state index in [4.69, 9.17) is 38.8 Å². The van der Waals surface area contributed by atoms with Crippen LogP contribution in [-0.4, -0.2) is 114 Å². The molecule has 0 aliphatic carbocycles. The zero-order chi connectivity index (χ0) is 45.3. The van der Waals surface area contributed by atoms with E-state index in [9.17, 15) is 30.3 Å². The van der Waals surface area contributed by atoms with Gasteiger partial charge in [0.05, 0.1) is 18.8 Å². The summed E-state index contributed by atoms with van der Waals surface area (Å²) in [5.41, 5.74) is 1.45. The maximum Gasteiger partial charge on any atom is 0.337 e. The van der Waals surface area contributed by atoms with Gasteiger partial charge in [-0.15, -0.1) is 0 Å². The Bertz CT molecular complexity index is 1690. The first-order valence-corrected chi connectivity index (χ1v) is 34.1. The highest BCUT2D eigenvalue weighted by Crippen LogP contribution is 2.42. The third-order valence-corrected chi connectivity index (χ3v) is 18.4. The van der Waals surface area contributed by atoms with Crippen molar-refractivity contribution in [1.82, 2.24) is 0 Å². The largest absolute Gasteiger partial charge is 0.544 e. The van der Waals surface area contributed by atoms with E-state index in [1.54, 1.807) is 12.1 Å². The van der Waals surface area contributed by atoms with E-state index in [1.165, 1.54) is 6.07 Å². The zero-order valence-corrected chi connectivity index (χ0v) is 42.9. The van der Waals surface area contributed by atoms with Gasteiger partial charge >= 0.3 is 5.97 Å².